The van der Waals surface area contributed by atoms with E-state index in [9.17, 15) is 0 Å². The number of ether oxygens (including phenoxy) is 1. The van der Waals surface area contributed by atoms with Crippen molar-refractivity contribution in [2.75, 3.05) is 13.2 Å². The SMILES string of the molecule is CCCNC(C1=CCCCC1)C(CC)OCC. The van der Waals surface area contributed by atoms with Crippen LogP contribution in [0.5, 0.6) is 0 Å². The molecule has 1 N–H and O–H groups in total. The lowest BCUT2D eigenvalue weighted by Gasteiger charge is -2.31. The summed E-state index contributed by atoms with van der Waals surface area (Å²) < 4.78 is 5.90. The van der Waals surface area contributed by atoms with E-state index < -0.39 is 0 Å². The van der Waals surface area contributed by atoms with Crippen LogP contribution in [0.1, 0.15) is 59.3 Å². The summed E-state index contributed by atoms with van der Waals surface area (Å²) in [5, 5.41) is 3.68. The van der Waals surface area contributed by atoms with Crippen molar-refractivity contribution in [1.29, 1.82) is 0 Å². The van der Waals surface area contributed by atoms with Crippen LogP contribution in [0.4, 0.5) is 0 Å². The summed E-state index contributed by atoms with van der Waals surface area (Å²) in [6, 6.07) is 0.445. The van der Waals surface area contributed by atoms with Gasteiger partial charge in [-0.05, 0) is 52.0 Å². The molecule has 2 unspecified atom stereocenters. The van der Waals surface area contributed by atoms with Crippen molar-refractivity contribution in [3.63, 3.8) is 0 Å². The first-order chi connectivity index (χ1) is 8.33. The molecular formula is C15H29NO. The number of nitrogens with one attached hydrogen (secondary N) is 1. The molecule has 0 saturated carbocycles. The van der Waals surface area contributed by atoms with Gasteiger partial charge in [-0.25, -0.2) is 0 Å². The van der Waals surface area contributed by atoms with Gasteiger partial charge in [-0.3, -0.25) is 0 Å². The lowest BCUT2D eigenvalue weighted by molar-refractivity contribution is 0.0396. The minimum atomic E-state index is 0.343. The minimum absolute atomic E-state index is 0.343. The maximum absolute atomic E-state index is 5.90. The van der Waals surface area contributed by atoms with Crippen molar-refractivity contribution in [3.8, 4) is 0 Å². The number of allylic oxidation sites excluding steroid dienone is 1. The van der Waals surface area contributed by atoms with Crippen LogP contribution in [-0.4, -0.2) is 25.3 Å². The number of rotatable bonds is 8. The Morgan fingerprint density at radius 3 is 2.65 bits per heavy atom. The lowest BCUT2D eigenvalue weighted by atomic mass is 9.90. The summed E-state index contributed by atoms with van der Waals surface area (Å²) >= 11 is 0. The molecule has 2 atom stereocenters. The van der Waals surface area contributed by atoms with Gasteiger partial charge in [0.2, 0.25) is 0 Å². The van der Waals surface area contributed by atoms with Gasteiger partial charge < -0.3 is 10.1 Å². The van der Waals surface area contributed by atoms with E-state index in [1.807, 2.05) is 0 Å². The van der Waals surface area contributed by atoms with Crippen molar-refractivity contribution in [3.05, 3.63) is 11.6 Å². The maximum Gasteiger partial charge on any atom is 0.0763 e. The molecule has 0 spiro atoms. The topological polar surface area (TPSA) is 21.3 Å². The Kier molecular flexibility index (Phi) is 7.54. The van der Waals surface area contributed by atoms with Gasteiger partial charge >= 0.3 is 0 Å². The quantitative estimate of drug-likeness (QED) is 0.653. The second kappa shape index (κ2) is 8.71. The van der Waals surface area contributed by atoms with Gasteiger partial charge in [0, 0.05) is 6.61 Å². The summed E-state index contributed by atoms with van der Waals surface area (Å²) in [6.07, 6.45) is 10.3. The van der Waals surface area contributed by atoms with E-state index in [-0.39, 0.29) is 0 Å². The van der Waals surface area contributed by atoms with Crippen LogP contribution in [-0.2, 0) is 4.74 Å². The molecule has 0 aliphatic heterocycles. The fourth-order valence-corrected chi connectivity index (χ4v) is 2.61. The van der Waals surface area contributed by atoms with Crippen molar-refractivity contribution in [2.45, 2.75) is 71.4 Å². The zero-order chi connectivity index (χ0) is 12.5. The zero-order valence-electron chi connectivity index (χ0n) is 11.8. The van der Waals surface area contributed by atoms with E-state index >= 15 is 0 Å². The van der Waals surface area contributed by atoms with Gasteiger partial charge in [0.15, 0.2) is 0 Å². The third-order valence-corrected chi connectivity index (χ3v) is 3.49. The highest BCUT2D eigenvalue weighted by atomic mass is 16.5. The highest BCUT2D eigenvalue weighted by Gasteiger charge is 2.24. The third kappa shape index (κ3) is 4.81. The largest absolute Gasteiger partial charge is 0.377 e. The molecule has 0 amide bonds. The van der Waals surface area contributed by atoms with E-state index in [4.69, 9.17) is 4.74 Å². The molecule has 1 aliphatic rings. The van der Waals surface area contributed by atoms with E-state index in [1.165, 1.54) is 32.1 Å². The average Bonchev–Trinajstić information content (AvgIpc) is 2.39. The molecule has 0 aromatic rings. The summed E-state index contributed by atoms with van der Waals surface area (Å²) in [4.78, 5) is 0. The van der Waals surface area contributed by atoms with Crippen LogP contribution < -0.4 is 5.32 Å². The highest BCUT2D eigenvalue weighted by molar-refractivity contribution is 5.15. The lowest BCUT2D eigenvalue weighted by Crippen LogP contribution is -2.43. The summed E-state index contributed by atoms with van der Waals surface area (Å²) in [7, 11) is 0. The second-order valence-corrected chi connectivity index (χ2v) is 4.86. The van der Waals surface area contributed by atoms with Gasteiger partial charge in [0.1, 0.15) is 0 Å². The Bertz CT molecular complexity index is 225. The Balaban J connectivity index is 2.65. The first-order valence-corrected chi connectivity index (χ1v) is 7.37. The van der Waals surface area contributed by atoms with Gasteiger partial charge in [-0.2, -0.15) is 0 Å². The average molecular weight is 239 g/mol. The molecule has 100 valence electrons. The van der Waals surface area contributed by atoms with Crippen molar-refractivity contribution < 1.29 is 4.74 Å². The molecule has 0 saturated heterocycles. The summed E-state index contributed by atoms with van der Waals surface area (Å²) in [5.41, 5.74) is 1.59. The standard InChI is InChI=1S/C15H29NO/c1-4-12-16-15(14(5-2)17-6-3)13-10-8-7-9-11-13/h10,14-16H,4-9,11-12H2,1-3H3. The van der Waals surface area contributed by atoms with Gasteiger partial charge in [0.05, 0.1) is 12.1 Å². The smallest absolute Gasteiger partial charge is 0.0763 e. The first kappa shape index (κ1) is 14.7. The monoisotopic (exact) mass is 239 g/mol. The summed E-state index contributed by atoms with van der Waals surface area (Å²) in [5.74, 6) is 0. The predicted molar refractivity (Wildman–Crippen MR) is 74.3 cm³/mol. The fraction of sp³-hybridized carbons (Fsp3) is 0.867. The molecular weight excluding hydrogens is 210 g/mol. The molecule has 17 heavy (non-hydrogen) atoms. The third-order valence-electron chi connectivity index (χ3n) is 3.49. The number of hydrogen-bond acceptors (Lipinski definition) is 2. The predicted octanol–water partition coefficient (Wildman–Crippen LogP) is 3.67. The van der Waals surface area contributed by atoms with E-state index in [1.54, 1.807) is 5.57 Å². The Labute approximate surface area is 107 Å². The highest BCUT2D eigenvalue weighted by Crippen LogP contribution is 2.24. The molecule has 0 heterocycles. The molecule has 0 aromatic carbocycles. The van der Waals surface area contributed by atoms with Gasteiger partial charge in [-0.15, -0.1) is 0 Å². The zero-order valence-corrected chi connectivity index (χ0v) is 11.8. The summed E-state index contributed by atoms with van der Waals surface area (Å²) in [6.45, 7) is 8.45. The van der Waals surface area contributed by atoms with E-state index in [0.717, 1.165) is 19.6 Å². The van der Waals surface area contributed by atoms with Gasteiger partial charge in [-0.1, -0.05) is 25.5 Å². The number of hydrogen-bond donors (Lipinski definition) is 1. The maximum atomic E-state index is 5.90. The normalized spacial score (nSPS) is 19.8. The fourth-order valence-electron chi connectivity index (χ4n) is 2.61. The molecule has 0 radical (unpaired) electrons. The van der Waals surface area contributed by atoms with Crippen LogP contribution in [0.3, 0.4) is 0 Å². The molecule has 1 aliphatic carbocycles. The van der Waals surface area contributed by atoms with Crippen molar-refractivity contribution >= 4 is 0 Å². The van der Waals surface area contributed by atoms with Gasteiger partial charge in [0.25, 0.3) is 0 Å². The van der Waals surface area contributed by atoms with Crippen LogP contribution in [0.15, 0.2) is 11.6 Å². The van der Waals surface area contributed by atoms with E-state index in [2.05, 4.69) is 32.2 Å². The Morgan fingerprint density at radius 2 is 2.12 bits per heavy atom. The van der Waals surface area contributed by atoms with Crippen LogP contribution >= 0.6 is 0 Å². The molecule has 1 rings (SSSR count). The molecule has 2 nitrogen and oxygen atoms in total. The van der Waals surface area contributed by atoms with Crippen molar-refractivity contribution in [2.24, 2.45) is 0 Å². The molecule has 0 fully saturated rings. The van der Waals surface area contributed by atoms with E-state index in [0.29, 0.717) is 12.1 Å². The first-order valence-electron chi connectivity index (χ1n) is 7.37. The van der Waals surface area contributed by atoms with Crippen LogP contribution in [0, 0.1) is 0 Å². The molecule has 0 aromatic heterocycles. The molecule has 0 bridgehead atoms. The Hall–Kier alpha value is -0.340. The second-order valence-electron chi connectivity index (χ2n) is 4.86. The van der Waals surface area contributed by atoms with Crippen LogP contribution in [0.2, 0.25) is 0 Å². The molecule has 2 heteroatoms. The van der Waals surface area contributed by atoms with Crippen LogP contribution in [0.25, 0.3) is 0 Å². The minimum Gasteiger partial charge on any atom is -0.377 e. The van der Waals surface area contributed by atoms with Crippen molar-refractivity contribution in [1.82, 2.24) is 5.32 Å². The Morgan fingerprint density at radius 1 is 1.29 bits per heavy atom.